The summed E-state index contributed by atoms with van der Waals surface area (Å²) in [7, 11) is 2.19. The number of carbonyl (C=O) groups excluding carboxylic acids is 1. The van der Waals surface area contributed by atoms with Gasteiger partial charge in [-0.05, 0) is 44.9 Å². The van der Waals surface area contributed by atoms with E-state index < -0.39 is 0 Å². The number of benzene rings is 1. The van der Waals surface area contributed by atoms with Crippen LogP contribution in [0.2, 0.25) is 0 Å². The fraction of sp³-hybridized carbons (Fsp3) is 0.667. The van der Waals surface area contributed by atoms with E-state index in [9.17, 15) is 4.79 Å². The largest absolute Gasteiger partial charge is 0.450 e. The lowest BCUT2D eigenvalue weighted by Crippen LogP contribution is -2.49. The van der Waals surface area contributed by atoms with Gasteiger partial charge in [-0.25, -0.2) is 9.79 Å². The molecule has 0 unspecified atom stereocenters. The third kappa shape index (κ3) is 9.29. The minimum atomic E-state index is -0.206. The molecule has 2 aliphatic rings. The maximum Gasteiger partial charge on any atom is 0.409 e. The van der Waals surface area contributed by atoms with Gasteiger partial charge in [-0.2, -0.15) is 0 Å². The number of aliphatic imine (C=N–C) groups is 1. The van der Waals surface area contributed by atoms with Crippen LogP contribution in [0.15, 0.2) is 29.3 Å². The van der Waals surface area contributed by atoms with Gasteiger partial charge in [-0.15, -0.1) is 24.0 Å². The Kier molecular flexibility index (Phi) is 12.3. The molecule has 9 heteroatoms. The van der Waals surface area contributed by atoms with Gasteiger partial charge in [-0.1, -0.05) is 24.3 Å². The first-order valence-corrected chi connectivity index (χ1v) is 12.0. The minimum absolute atomic E-state index is 0. The summed E-state index contributed by atoms with van der Waals surface area (Å²) < 4.78 is 5.10. The number of halogens is 1. The molecular formula is C24H41IN6O2. The molecule has 1 amide bonds. The van der Waals surface area contributed by atoms with Gasteiger partial charge in [-0.3, -0.25) is 4.90 Å². The van der Waals surface area contributed by atoms with Gasteiger partial charge in [0, 0.05) is 58.4 Å². The van der Waals surface area contributed by atoms with E-state index in [1.54, 1.807) is 4.90 Å². The van der Waals surface area contributed by atoms with Gasteiger partial charge in [0.05, 0.1) is 13.2 Å². The van der Waals surface area contributed by atoms with Crippen LogP contribution in [0.4, 0.5) is 4.79 Å². The molecule has 2 heterocycles. The Morgan fingerprint density at radius 3 is 2.27 bits per heavy atom. The average molecular weight is 573 g/mol. The van der Waals surface area contributed by atoms with E-state index in [4.69, 9.17) is 9.73 Å². The zero-order chi connectivity index (χ0) is 22.8. The Hall–Kier alpha value is -1.59. The summed E-state index contributed by atoms with van der Waals surface area (Å²) in [5.74, 6) is 0.837. The van der Waals surface area contributed by atoms with E-state index >= 15 is 0 Å². The summed E-state index contributed by atoms with van der Waals surface area (Å²) >= 11 is 0. The Labute approximate surface area is 216 Å². The van der Waals surface area contributed by atoms with Gasteiger partial charge in [0.1, 0.15) is 0 Å². The summed E-state index contributed by atoms with van der Waals surface area (Å²) in [6, 6.07) is 9.15. The maximum atomic E-state index is 11.9. The maximum absolute atomic E-state index is 11.9. The highest BCUT2D eigenvalue weighted by atomic mass is 127. The predicted octanol–water partition coefficient (Wildman–Crippen LogP) is 2.73. The molecule has 1 aromatic carbocycles. The van der Waals surface area contributed by atoms with Crippen molar-refractivity contribution in [3.05, 3.63) is 35.4 Å². The summed E-state index contributed by atoms with van der Waals surface area (Å²) in [6.07, 6.45) is 1.58. The molecule has 0 bridgehead atoms. The number of amides is 1. The van der Waals surface area contributed by atoms with Crippen LogP contribution in [0, 0.1) is 0 Å². The first-order valence-electron chi connectivity index (χ1n) is 12.0. The third-order valence-corrected chi connectivity index (χ3v) is 6.15. The first kappa shape index (κ1) is 27.7. The number of nitrogens with zero attached hydrogens (tertiary/aromatic N) is 4. The molecule has 1 aromatic rings. The molecule has 8 nitrogen and oxygen atoms in total. The highest BCUT2D eigenvalue weighted by molar-refractivity contribution is 14.0. The van der Waals surface area contributed by atoms with E-state index in [0.29, 0.717) is 32.3 Å². The number of likely N-dealkylation sites (N-methyl/N-ethyl adjacent to an activating group) is 1. The zero-order valence-electron chi connectivity index (χ0n) is 20.4. The van der Waals surface area contributed by atoms with E-state index in [1.807, 2.05) is 6.92 Å². The number of ether oxygens (including phenoxy) is 1. The van der Waals surface area contributed by atoms with Crippen LogP contribution in [0.5, 0.6) is 0 Å². The molecule has 0 atom stereocenters. The predicted molar refractivity (Wildman–Crippen MR) is 144 cm³/mol. The molecular weight excluding hydrogens is 531 g/mol. The van der Waals surface area contributed by atoms with Crippen LogP contribution in [-0.2, 0) is 17.8 Å². The molecule has 2 N–H and O–H groups in total. The van der Waals surface area contributed by atoms with Crippen molar-refractivity contribution < 1.29 is 9.53 Å². The number of hydrogen-bond acceptors (Lipinski definition) is 5. The van der Waals surface area contributed by atoms with Crippen LogP contribution in [0.3, 0.4) is 0 Å². The van der Waals surface area contributed by atoms with Crippen molar-refractivity contribution in [2.45, 2.75) is 45.8 Å². The molecule has 2 saturated heterocycles. The van der Waals surface area contributed by atoms with Crippen LogP contribution in [0.1, 0.15) is 37.8 Å². The number of likely N-dealkylation sites (tertiary alicyclic amines) is 1. The lowest BCUT2D eigenvalue weighted by Gasteiger charge is -2.32. The number of piperidine rings is 1. The van der Waals surface area contributed by atoms with Gasteiger partial charge >= 0.3 is 6.09 Å². The van der Waals surface area contributed by atoms with Crippen molar-refractivity contribution in [3.8, 4) is 0 Å². The van der Waals surface area contributed by atoms with Crippen LogP contribution >= 0.6 is 24.0 Å². The fourth-order valence-electron chi connectivity index (χ4n) is 4.12. The standard InChI is InChI=1S/C24H40N6O2.HI/c1-4-25-23(27-22-10-12-30(13-11-22)24(31)32-5-2)26-18-20-6-8-21(9-7-20)19-29-16-14-28(3)15-17-29;/h6-9,22H,4-5,10-19H2,1-3H3,(H2,25,26,27);1H. The number of carbonyl (C=O) groups is 1. The lowest BCUT2D eigenvalue weighted by molar-refractivity contribution is 0.0963. The summed E-state index contributed by atoms with van der Waals surface area (Å²) in [6.45, 7) is 12.8. The average Bonchev–Trinajstić information content (AvgIpc) is 2.81. The van der Waals surface area contributed by atoms with Crippen molar-refractivity contribution in [2.75, 3.05) is 59.5 Å². The van der Waals surface area contributed by atoms with Crippen molar-refractivity contribution in [3.63, 3.8) is 0 Å². The van der Waals surface area contributed by atoms with E-state index in [2.05, 4.69) is 58.7 Å². The van der Waals surface area contributed by atoms with Gasteiger partial charge in [0.2, 0.25) is 0 Å². The van der Waals surface area contributed by atoms with Crippen molar-refractivity contribution in [2.24, 2.45) is 4.99 Å². The monoisotopic (exact) mass is 572 g/mol. The molecule has 3 rings (SSSR count). The SMILES string of the molecule is CCNC(=NCc1ccc(CN2CCN(C)CC2)cc1)NC1CCN(C(=O)OCC)CC1.I. The molecule has 0 aliphatic carbocycles. The minimum Gasteiger partial charge on any atom is -0.450 e. The molecule has 0 saturated carbocycles. The van der Waals surface area contributed by atoms with E-state index in [-0.39, 0.29) is 30.1 Å². The van der Waals surface area contributed by atoms with Crippen LogP contribution in [-0.4, -0.2) is 92.3 Å². The second kappa shape index (κ2) is 14.6. The molecule has 2 fully saturated rings. The summed E-state index contributed by atoms with van der Waals surface area (Å²) in [5, 5.41) is 6.88. The van der Waals surface area contributed by atoms with Crippen molar-refractivity contribution in [1.29, 1.82) is 0 Å². The summed E-state index contributed by atoms with van der Waals surface area (Å²) in [5.41, 5.74) is 2.57. The Balaban J connectivity index is 0.00000385. The topological polar surface area (TPSA) is 72.4 Å². The smallest absolute Gasteiger partial charge is 0.409 e. The Morgan fingerprint density at radius 1 is 1.03 bits per heavy atom. The van der Waals surface area contributed by atoms with Crippen LogP contribution < -0.4 is 10.6 Å². The van der Waals surface area contributed by atoms with E-state index in [1.165, 1.54) is 11.1 Å². The van der Waals surface area contributed by atoms with E-state index in [0.717, 1.165) is 58.1 Å². The summed E-state index contributed by atoms with van der Waals surface area (Å²) in [4.78, 5) is 23.4. The first-order chi connectivity index (χ1) is 15.6. The van der Waals surface area contributed by atoms with Crippen LogP contribution in [0.25, 0.3) is 0 Å². The number of piperazine rings is 1. The Morgan fingerprint density at radius 2 is 1.67 bits per heavy atom. The zero-order valence-corrected chi connectivity index (χ0v) is 22.7. The molecule has 0 spiro atoms. The van der Waals surface area contributed by atoms with Crippen molar-refractivity contribution in [1.82, 2.24) is 25.3 Å². The van der Waals surface area contributed by atoms with Gasteiger partial charge < -0.3 is 25.2 Å². The molecule has 186 valence electrons. The molecule has 0 aromatic heterocycles. The highest BCUT2D eigenvalue weighted by Gasteiger charge is 2.24. The second-order valence-electron chi connectivity index (χ2n) is 8.70. The molecule has 33 heavy (non-hydrogen) atoms. The lowest BCUT2D eigenvalue weighted by atomic mass is 10.1. The number of hydrogen-bond donors (Lipinski definition) is 2. The van der Waals surface area contributed by atoms with Gasteiger partial charge in [0.25, 0.3) is 0 Å². The Bertz CT molecular complexity index is 729. The fourth-order valence-corrected chi connectivity index (χ4v) is 4.12. The molecule has 0 radical (unpaired) electrons. The molecule has 2 aliphatic heterocycles. The van der Waals surface area contributed by atoms with Gasteiger partial charge in [0.15, 0.2) is 5.96 Å². The third-order valence-electron chi connectivity index (χ3n) is 6.15. The number of guanidine groups is 1. The number of nitrogens with one attached hydrogen (secondary N) is 2. The second-order valence-corrected chi connectivity index (χ2v) is 8.70. The van der Waals surface area contributed by atoms with Crippen molar-refractivity contribution >= 4 is 36.0 Å². The number of rotatable bonds is 7. The normalized spacial score (nSPS) is 18.5. The highest BCUT2D eigenvalue weighted by Crippen LogP contribution is 2.13. The quantitative estimate of drug-likeness (QED) is 0.298.